The van der Waals surface area contributed by atoms with Crippen molar-refractivity contribution in [3.8, 4) is 0 Å². The summed E-state index contributed by atoms with van der Waals surface area (Å²) < 4.78 is 0. The van der Waals surface area contributed by atoms with Crippen LogP contribution >= 0.6 is 0 Å². The van der Waals surface area contributed by atoms with Crippen LogP contribution in [0.15, 0.2) is 19.0 Å². The molecule has 1 aromatic rings. The highest BCUT2D eigenvalue weighted by Gasteiger charge is 2.20. The predicted octanol–water partition coefficient (Wildman–Crippen LogP) is 0.542. The average molecular weight is 206 g/mol. The van der Waals surface area contributed by atoms with Gasteiger partial charge in [-0.3, -0.25) is 0 Å². The van der Waals surface area contributed by atoms with Gasteiger partial charge in [0.15, 0.2) is 0 Å². The van der Waals surface area contributed by atoms with Crippen molar-refractivity contribution in [2.45, 2.75) is 19.0 Å². The van der Waals surface area contributed by atoms with Gasteiger partial charge in [0.1, 0.15) is 0 Å². The predicted molar refractivity (Wildman–Crippen MR) is 60.6 cm³/mol. The van der Waals surface area contributed by atoms with Crippen molar-refractivity contribution in [1.82, 2.24) is 20.2 Å². The van der Waals surface area contributed by atoms with Crippen LogP contribution in [-0.4, -0.2) is 41.0 Å². The summed E-state index contributed by atoms with van der Waals surface area (Å²) in [7, 11) is 2.11. The van der Waals surface area contributed by atoms with E-state index in [0.29, 0.717) is 6.04 Å². The molecule has 0 saturated carbocycles. The third-order valence-corrected chi connectivity index (χ3v) is 2.79. The summed E-state index contributed by atoms with van der Waals surface area (Å²) in [6.45, 7) is 6.62. The van der Waals surface area contributed by atoms with E-state index in [2.05, 4.69) is 33.8 Å². The van der Waals surface area contributed by atoms with Crippen molar-refractivity contribution in [3.63, 3.8) is 0 Å². The lowest BCUT2D eigenvalue weighted by Crippen LogP contribution is -2.43. The standard InChI is InChI=1S/C11H18N4/c1-3-4-15(2)7-9-5-10-11(6-12-9)14-8-13-10/h3,8-9,12H,1,4-7H2,2H3,(H,13,14). The first-order chi connectivity index (χ1) is 7.29. The maximum absolute atomic E-state index is 4.33. The zero-order chi connectivity index (χ0) is 10.7. The third-order valence-electron chi connectivity index (χ3n) is 2.79. The lowest BCUT2D eigenvalue weighted by Gasteiger charge is -2.27. The number of H-pyrrole nitrogens is 1. The van der Waals surface area contributed by atoms with E-state index in [1.54, 1.807) is 6.33 Å². The molecule has 1 aliphatic rings. The molecule has 82 valence electrons. The highest BCUT2D eigenvalue weighted by Crippen LogP contribution is 2.12. The molecule has 1 unspecified atom stereocenters. The van der Waals surface area contributed by atoms with Crippen LogP contribution in [0.2, 0.25) is 0 Å². The second-order valence-corrected chi connectivity index (χ2v) is 4.12. The van der Waals surface area contributed by atoms with Gasteiger partial charge in [0.05, 0.1) is 17.7 Å². The van der Waals surface area contributed by atoms with E-state index in [9.17, 15) is 0 Å². The number of nitrogens with one attached hydrogen (secondary N) is 2. The Hall–Kier alpha value is -1.13. The van der Waals surface area contributed by atoms with Crippen molar-refractivity contribution < 1.29 is 0 Å². The molecule has 2 heterocycles. The number of nitrogens with zero attached hydrogens (tertiary/aromatic N) is 2. The number of imidazole rings is 1. The molecule has 0 saturated heterocycles. The van der Waals surface area contributed by atoms with Gasteiger partial charge in [-0.1, -0.05) is 6.08 Å². The third kappa shape index (κ3) is 2.46. The van der Waals surface area contributed by atoms with Crippen molar-refractivity contribution in [1.29, 1.82) is 0 Å². The van der Waals surface area contributed by atoms with Crippen LogP contribution < -0.4 is 5.32 Å². The molecule has 0 aromatic carbocycles. The first-order valence-electron chi connectivity index (χ1n) is 5.33. The van der Waals surface area contributed by atoms with Crippen LogP contribution in [0.5, 0.6) is 0 Å². The number of fused-ring (bicyclic) bond motifs is 1. The maximum atomic E-state index is 4.33. The Bertz CT molecular complexity index is 331. The normalized spacial score (nSPS) is 20.3. The van der Waals surface area contributed by atoms with Gasteiger partial charge in [-0.2, -0.15) is 0 Å². The summed E-state index contributed by atoms with van der Waals surface area (Å²) in [5.74, 6) is 0. The van der Waals surface area contributed by atoms with E-state index >= 15 is 0 Å². The van der Waals surface area contributed by atoms with Gasteiger partial charge in [0, 0.05) is 32.1 Å². The van der Waals surface area contributed by atoms with E-state index in [0.717, 1.165) is 26.1 Å². The van der Waals surface area contributed by atoms with Crippen molar-refractivity contribution in [2.24, 2.45) is 0 Å². The maximum Gasteiger partial charge on any atom is 0.0925 e. The molecular formula is C11H18N4. The summed E-state index contributed by atoms with van der Waals surface area (Å²) in [6.07, 6.45) is 4.73. The van der Waals surface area contributed by atoms with Gasteiger partial charge in [-0.05, 0) is 7.05 Å². The van der Waals surface area contributed by atoms with Crippen LogP contribution in [0, 0.1) is 0 Å². The molecule has 15 heavy (non-hydrogen) atoms. The summed E-state index contributed by atoms with van der Waals surface area (Å²) in [5.41, 5.74) is 2.45. The molecule has 0 radical (unpaired) electrons. The number of likely N-dealkylation sites (N-methyl/N-ethyl adjacent to an activating group) is 1. The van der Waals surface area contributed by atoms with Crippen molar-refractivity contribution >= 4 is 0 Å². The molecule has 1 atom stereocenters. The lowest BCUT2D eigenvalue weighted by atomic mass is 10.1. The molecule has 0 spiro atoms. The molecule has 0 aliphatic carbocycles. The summed E-state index contributed by atoms with van der Waals surface area (Å²) in [4.78, 5) is 9.75. The molecule has 1 aromatic heterocycles. The first kappa shape index (κ1) is 10.4. The molecule has 0 fully saturated rings. The minimum Gasteiger partial charge on any atom is -0.347 e. The number of aromatic amines is 1. The highest BCUT2D eigenvalue weighted by atomic mass is 15.1. The Morgan fingerprint density at radius 1 is 1.73 bits per heavy atom. The van der Waals surface area contributed by atoms with E-state index < -0.39 is 0 Å². The number of aromatic nitrogens is 2. The fourth-order valence-electron chi connectivity index (χ4n) is 2.03. The number of hydrogen-bond donors (Lipinski definition) is 2. The van der Waals surface area contributed by atoms with Crippen LogP contribution in [0.1, 0.15) is 11.4 Å². The number of hydrogen-bond acceptors (Lipinski definition) is 3. The van der Waals surface area contributed by atoms with Gasteiger partial charge in [-0.25, -0.2) is 4.98 Å². The van der Waals surface area contributed by atoms with Crippen LogP contribution in [-0.2, 0) is 13.0 Å². The van der Waals surface area contributed by atoms with Crippen molar-refractivity contribution in [3.05, 3.63) is 30.4 Å². The van der Waals surface area contributed by atoms with Crippen LogP contribution in [0.3, 0.4) is 0 Å². The second kappa shape index (κ2) is 4.59. The summed E-state index contributed by atoms with van der Waals surface area (Å²) in [6, 6.07) is 0.505. The quantitative estimate of drug-likeness (QED) is 0.707. The fraction of sp³-hybridized carbons (Fsp3) is 0.545. The van der Waals surface area contributed by atoms with Gasteiger partial charge in [0.25, 0.3) is 0 Å². The number of rotatable bonds is 4. The lowest BCUT2D eigenvalue weighted by molar-refractivity contribution is 0.301. The Labute approximate surface area is 90.4 Å². The van der Waals surface area contributed by atoms with E-state index in [4.69, 9.17) is 0 Å². The molecule has 2 rings (SSSR count). The molecule has 4 heteroatoms. The van der Waals surface area contributed by atoms with Gasteiger partial charge in [-0.15, -0.1) is 6.58 Å². The Morgan fingerprint density at radius 3 is 3.40 bits per heavy atom. The SMILES string of the molecule is C=CCN(C)CC1Cc2nc[nH]c2CN1. The Kier molecular flexibility index (Phi) is 3.18. The minimum absolute atomic E-state index is 0.505. The van der Waals surface area contributed by atoms with Crippen molar-refractivity contribution in [2.75, 3.05) is 20.1 Å². The smallest absolute Gasteiger partial charge is 0.0925 e. The fourth-order valence-corrected chi connectivity index (χ4v) is 2.03. The topological polar surface area (TPSA) is 44.0 Å². The van der Waals surface area contributed by atoms with Crippen LogP contribution in [0.25, 0.3) is 0 Å². The van der Waals surface area contributed by atoms with Gasteiger partial charge >= 0.3 is 0 Å². The van der Waals surface area contributed by atoms with Crippen LogP contribution in [0.4, 0.5) is 0 Å². The zero-order valence-corrected chi connectivity index (χ0v) is 9.16. The monoisotopic (exact) mass is 206 g/mol. The van der Waals surface area contributed by atoms with E-state index in [-0.39, 0.29) is 0 Å². The molecular weight excluding hydrogens is 188 g/mol. The Balaban J connectivity index is 1.89. The minimum atomic E-state index is 0.505. The largest absolute Gasteiger partial charge is 0.347 e. The van der Waals surface area contributed by atoms with E-state index in [1.807, 2.05) is 6.08 Å². The van der Waals surface area contributed by atoms with Gasteiger partial charge in [0.2, 0.25) is 0 Å². The van der Waals surface area contributed by atoms with Gasteiger partial charge < -0.3 is 15.2 Å². The molecule has 4 nitrogen and oxygen atoms in total. The second-order valence-electron chi connectivity index (χ2n) is 4.12. The summed E-state index contributed by atoms with van der Waals surface area (Å²) in [5, 5.41) is 3.50. The van der Waals surface area contributed by atoms with E-state index in [1.165, 1.54) is 11.4 Å². The zero-order valence-electron chi connectivity index (χ0n) is 9.16. The average Bonchev–Trinajstić information content (AvgIpc) is 2.65. The molecule has 2 N–H and O–H groups in total. The first-order valence-corrected chi connectivity index (χ1v) is 5.33. The highest BCUT2D eigenvalue weighted by molar-refractivity contribution is 5.15. The Morgan fingerprint density at radius 2 is 2.60 bits per heavy atom. The molecule has 1 aliphatic heterocycles. The molecule has 0 bridgehead atoms. The summed E-state index contributed by atoms with van der Waals surface area (Å²) >= 11 is 0. The molecule has 0 amide bonds.